The van der Waals surface area contributed by atoms with Crippen molar-refractivity contribution in [3.8, 4) is 11.4 Å². The number of hydrogen-bond acceptors (Lipinski definition) is 6. The second-order valence-corrected chi connectivity index (χ2v) is 10.1. The average molecular weight is 463 g/mol. The van der Waals surface area contributed by atoms with E-state index in [9.17, 15) is 8.42 Å². The highest BCUT2D eigenvalue weighted by molar-refractivity contribution is 7.98. The second kappa shape index (κ2) is 9.50. The van der Waals surface area contributed by atoms with E-state index >= 15 is 0 Å². The minimum atomic E-state index is -3.53. The quantitative estimate of drug-likeness (QED) is 0.272. The number of aromatic nitrogens is 4. The molecule has 32 heavy (non-hydrogen) atoms. The molecule has 6 nitrogen and oxygen atoms in total. The van der Waals surface area contributed by atoms with Crippen molar-refractivity contribution in [2.75, 3.05) is 0 Å². The highest BCUT2D eigenvalue weighted by atomic mass is 32.2. The molecule has 8 heteroatoms. The summed E-state index contributed by atoms with van der Waals surface area (Å²) in [5, 5.41) is 9.45. The molecule has 2 aromatic carbocycles. The van der Waals surface area contributed by atoms with Crippen LogP contribution in [0, 0.1) is 6.92 Å². The first-order valence-electron chi connectivity index (χ1n) is 9.97. The van der Waals surface area contributed by atoms with Crippen molar-refractivity contribution in [3.05, 3.63) is 96.8 Å². The van der Waals surface area contributed by atoms with Gasteiger partial charge in [0.1, 0.15) is 0 Å². The lowest BCUT2D eigenvalue weighted by atomic mass is 10.2. The van der Waals surface area contributed by atoms with Crippen molar-refractivity contribution in [2.45, 2.75) is 34.2 Å². The topological polar surface area (TPSA) is 77.7 Å². The SMILES string of the molecule is C=CCn1c(SCc2ccc(S(=O)(=O)c3ccc(C)cc3)cc2)nnc1-c1ccncc1. The summed E-state index contributed by atoms with van der Waals surface area (Å²) in [7, 11) is -3.53. The zero-order chi connectivity index (χ0) is 22.6. The highest BCUT2D eigenvalue weighted by Crippen LogP contribution is 2.27. The van der Waals surface area contributed by atoms with Crippen molar-refractivity contribution < 1.29 is 8.42 Å². The number of sulfone groups is 1. The van der Waals surface area contributed by atoms with E-state index in [2.05, 4.69) is 21.8 Å². The van der Waals surface area contributed by atoms with Crippen molar-refractivity contribution >= 4 is 21.6 Å². The molecule has 2 aromatic heterocycles. The molecule has 4 rings (SSSR count). The molecule has 0 fully saturated rings. The molecular weight excluding hydrogens is 440 g/mol. The van der Waals surface area contributed by atoms with Gasteiger partial charge < -0.3 is 0 Å². The maximum atomic E-state index is 12.8. The van der Waals surface area contributed by atoms with Crippen LogP contribution < -0.4 is 0 Å². The summed E-state index contributed by atoms with van der Waals surface area (Å²) in [5.41, 5.74) is 2.95. The molecule has 0 bridgehead atoms. The summed E-state index contributed by atoms with van der Waals surface area (Å²) in [6.45, 7) is 6.35. The van der Waals surface area contributed by atoms with Crippen molar-refractivity contribution in [1.29, 1.82) is 0 Å². The molecule has 0 unspecified atom stereocenters. The third-order valence-electron chi connectivity index (χ3n) is 4.90. The Kier molecular flexibility index (Phi) is 6.53. The Morgan fingerprint density at radius 1 is 0.938 bits per heavy atom. The second-order valence-electron chi connectivity index (χ2n) is 7.19. The molecule has 0 saturated carbocycles. The van der Waals surface area contributed by atoms with Crippen molar-refractivity contribution in [2.24, 2.45) is 0 Å². The number of hydrogen-bond donors (Lipinski definition) is 0. The van der Waals surface area contributed by atoms with Gasteiger partial charge in [-0.25, -0.2) is 8.42 Å². The van der Waals surface area contributed by atoms with Gasteiger partial charge in [0.15, 0.2) is 11.0 Å². The minimum Gasteiger partial charge on any atom is -0.298 e. The Hall–Kier alpha value is -3.23. The van der Waals surface area contributed by atoms with Gasteiger partial charge in [0, 0.05) is 30.3 Å². The van der Waals surface area contributed by atoms with E-state index in [4.69, 9.17) is 0 Å². The lowest BCUT2D eigenvalue weighted by Gasteiger charge is -2.08. The maximum Gasteiger partial charge on any atom is 0.206 e. The standard InChI is InChI=1S/C24H22N4O2S2/c1-3-16-28-23(20-12-14-25-15-13-20)26-27-24(28)31-17-19-6-10-22(11-7-19)32(29,30)21-8-4-18(2)5-9-21/h3-15H,1,16-17H2,2H3. The highest BCUT2D eigenvalue weighted by Gasteiger charge is 2.18. The van der Waals surface area contributed by atoms with Crippen LogP contribution in [0.25, 0.3) is 11.4 Å². The van der Waals surface area contributed by atoms with E-state index in [1.165, 1.54) is 0 Å². The number of thioether (sulfide) groups is 1. The van der Waals surface area contributed by atoms with Gasteiger partial charge in [0.2, 0.25) is 9.84 Å². The smallest absolute Gasteiger partial charge is 0.206 e. The van der Waals surface area contributed by atoms with Gasteiger partial charge in [0.25, 0.3) is 0 Å². The molecule has 4 aromatic rings. The monoisotopic (exact) mass is 462 g/mol. The van der Waals surface area contributed by atoms with Gasteiger partial charge in [-0.1, -0.05) is 47.7 Å². The van der Waals surface area contributed by atoms with Crippen LogP contribution in [-0.4, -0.2) is 28.2 Å². The third-order valence-corrected chi connectivity index (χ3v) is 7.72. The first-order chi connectivity index (χ1) is 15.5. The summed E-state index contributed by atoms with van der Waals surface area (Å²) in [6, 6.07) is 17.7. The number of pyridine rings is 1. The van der Waals surface area contributed by atoms with E-state index in [0.717, 1.165) is 27.7 Å². The van der Waals surface area contributed by atoms with Gasteiger partial charge in [-0.3, -0.25) is 9.55 Å². The minimum absolute atomic E-state index is 0.282. The Balaban J connectivity index is 1.51. The van der Waals surface area contributed by atoms with Crippen LogP contribution in [-0.2, 0) is 22.1 Å². The van der Waals surface area contributed by atoms with Crippen molar-refractivity contribution in [3.63, 3.8) is 0 Å². The van der Waals surface area contributed by atoms with Gasteiger partial charge in [-0.15, -0.1) is 16.8 Å². The number of allylic oxidation sites excluding steroid dienone is 1. The number of benzene rings is 2. The zero-order valence-corrected chi connectivity index (χ0v) is 19.2. The summed E-state index contributed by atoms with van der Waals surface area (Å²) in [6.07, 6.45) is 5.26. The normalized spacial score (nSPS) is 11.4. The average Bonchev–Trinajstić information content (AvgIpc) is 3.21. The van der Waals surface area contributed by atoms with E-state index in [-0.39, 0.29) is 4.90 Å². The van der Waals surface area contributed by atoms with Crippen LogP contribution in [0.2, 0.25) is 0 Å². The molecular formula is C24H22N4O2S2. The van der Waals surface area contributed by atoms with Crippen LogP contribution in [0.3, 0.4) is 0 Å². The molecule has 0 atom stereocenters. The molecule has 0 amide bonds. The van der Waals surface area contributed by atoms with Crippen LogP contribution in [0.5, 0.6) is 0 Å². The van der Waals surface area contributed by atoms with E-state index in [0.29, 0.717) is 17.2 Å². The molecule has 2 heterocycles. The molecule has 0 aliphatic carbocycles. The van der Waals surface area contributed by atoms with Crippen LogP contribution in [0.4, 0.5) is 0 Å². The van der Waals surface area contributed by atoms with Crippen LogP contribution in [0.1, 0.15) is 11.1 Å². The summed E-state index contributed by atoms with van der Waals surface area (Å²) in [5.74, 6) is 1.39. The van der Waals surface area contributed by atoms with E-state index in [1.54, 1.807) is 60.6 Å². The predicted molar refractivity (Wildman–Crippen MR) is 126 cm³/mol. The van der Waals surface area contributed by atoms with Gasteiger partial charge in [-0.2, -0.15) is 0 Å². The predicted octanol–water partition coefficient (Wildman–Crippen LogP) is 4.96. The third kappa shape index (κ3) is 4.66. The number of rotatable bonds is 8. The lowest BCUT2D eigenvalue weighted by Crippen LogP contribution is -2.02. The fourth-order valence-corrected chi connectivity index (χ4v) is 5.33. The largest absolute Gasteiger partial charge is 0.298 e. The number of aryl methyl sites for hydroxylation is 1. The molecule has 0 saturated heterocycles. The van der Waals surface area contributed by atoms with E-state index in [1.807, 2.05) is 41.8 Å². The number of nitrogens with zero attached hydrogens (tertiary/aromatic N) is 4. The van der Waals surface area contributed by atoms with Gasteiger partial charge >= 0.3 is 0 Å². The summed E-state index contributed by atoms with van der Waals surface area (Å²) >= 11 is 1.54. The Labute approximate surface area is 192 Å². The maximum absolute atomic E-state index is 12.8. The molecule has 0 spiro atoms. The van der Waals surface area contributed by atoms with Crippen LogP contribution in [0.15, 0.2) is 101 Å². The zero-order valence-electron chi connectivity index (χ0n) is 17.5. The van der Waals surface area contributed by atoms with Crippen molar-refractivity contribution in [1.82, 2.24) is 19.7 Å². The fourth-order valence-electron chi connectivity index (χ4n) is 3.17. The van der Waals surface area contributed by atoms with E-state index < -0.39 is 9.84 Å². The molecule has 162 valence electrons. The lowest BCUT2D eigenvalue weighted by molar-refractivity contribution is 0.596. The molecule has 0 aliphatic rings. The molecule has 0 radical (unpaired) electrons. The first-order valence-corrected chi connectivity index (χ1v) is 12.4. The summed E-state index contributed by atoms with van der Waals surface area (Å²) in [4.78, 5) is 4.63. The molecule has 0 aliphatic heterocycles. The Morgan fingerprint density at radius 2 is 1.56 bits per heavy atom. The molecule has 0 N–H and O–H groups in total. The van der Waals surface area contributed by atoms with Gasteiger partial charge in [-0.05, 0) is 48.9 Å². The Bertz CT molecular complexity index is 1310. The Morgan fingerprint density at radius 3 is 2.19 bits per heavy atom. The van der Waals surface area contributed by atoms with Crippen LogP contribution >= 0.6 is 11.8 Å². The van der Waals surface area contributed by atoms with Gasteiger partial charge in [0.05, 0.1) is 9.79 Å². The fraction of sp³-hybridized carbons (Fsp3) is 0.125. The summed E-state index contributed by atoms with van der Waals surface area (Å²) < 4.78 is 27.7. The first kappa shape index (κ1) is 22.0.